The minimum Gasteiger partial charge on any atom is -0.465 e. The summed E-state index contributed by atoms with van der Waals surface area (Å²) >= 11 is 0. The second-order valence-corrected chi connectivity index (χ2v) is 7.58. The minimum absolute atomic E-state index is 0.0454. The summed E-state index contributed by atoms with van der Waals surface area (Å²) in [5.41, 5.74) is 1.08. The maximum Gasteiger partial charge on any atom is 0.325 e. The molecule has 1 fully saturated rings. The number of rotatable bonds is 8. The number of esters is 1. The van der Waals surface area contributed by atoms with Crippen molar-refractivity contribution in [1.29, 1.82) is 0 Å². The molecular weight excluding hydrogens is 404 g/mol. The first-order chi connectivity index (χ1) is 15.6. The first-order valence-corrected chi connectivity index (χ1v) is 10.6. The summed E-state index contributed by atoms with van der Waals surface area (Å²) in [7, 11) is 0. The third-order valence-corrected chi connectivity index (χ3v) is 5.56. The Labute approximate surface area is 186 Å². The molecule has 1 saturated heterocycles. The summed E-state index contributed by atoms with van der Waals surface area (Å²) < 4.78 is 5.29. The van der Waals surface area contributed by atoms with Crippen LogP contribution in [0.5, 0.6) is 0 Å². The van der Waals surface area contributed by atoms with Gasteiger partial charge in [0, 0.05) is 13.0 Å². The molecule has 0 aromatic heterocycles. The molecule has 1 aliphatic heterocycles. The fraction of sp³-hybridized carbons (Fsp3) is 0.192. The van der Waals surface area contributed by atoms with Gasteiger partial charge in [0.05, 0.1) is 13.0 Å². The third kappa shape index (κ3) is 4.25. The summed E-state index contributed by atoms with van der Waals surface area (Å²) in [4.78, 5) is 39.6. The van der Waals surface area contributed by atoms with Crippen LogP contribution in [0.2, 0.25) is 0 Å². The van der Waals surface area contributed by atoms with E-state index in [1.807, 2.05) is 91.0 Å². The summed E-state index contributed by atoms with van der Waals surface area (Å²) in [5.74, 6) is -0.851. The van der Waals surface area contributed by atoms with E-state index in [0.717, 1.165) is 10.5 Å². The van der Waals surface area contributed by atoms with Crippen molar-refractivity contribution in [1.82, 2.24) is 10.2 Å². The van der Waals surface area contributed by atoms with Crippen molar-refractivity contribution in [2.45, 2.75) is 18.4 Å². The second-order valence-electron chi connectivity index (χ2n) is 7.58. The molecular formula is C26H24N2O4. The number of nitrogens with zero attached hydrogens (tertiary/aromatic N) is 1. The van der Waals surface area contributed by atoms with Crippen LogP contribution >= 0.6 is 0 Å². The van der Waals surface area contributed by atoms with Gasteiger partial charge in [-0.2, -0.15) is 0 Å². The maximum atomic E-state index is 13.5. The first-order valence-electron chi connectivity index (χ1n) is 10.6. The van der Waals surface area contributed by atoms with E-state index in [1.54, 1.807) is 0 Å². The van der Waals surface area contributed by atoms with Gasteiger partial charge in [0.2, 0.25) is 0 Å². The topological polar surface area (TPSA) is 75.7 Å². The molecule has 0 radical (unpaired) electrons. The van der Waals surface area contributed by atoms with Crippen molar-refractivity contribution in [3.8, 4) is 0 Å². The van der Waals surface area contributed by atoms with Gasteiger partial charge in [-0.25, -0.2) is 4.79 Å². The zero-order valence-electron chi connectivity index (χ0n) is 17.6. The summed E-state index contributed by atoms with van der Waals surface area (Å²) in [6.07, 6.45) is 0.550. The average molecular weight is 428 g/mol. The fourth-order valence-electron chi connectivity index (χ4n) is 3.92. The van der Waals surface area contributed by atoms with E-state index in [9.17, 15) is 14.4 Å². The lowest BCUT2D eigenvalue weighted by Gasteiger charge is -2.28. The Bertz CT molecular complexity index is 1050. The van der Waals surface area contributed by atoms with Crippen LogP contribution in [-0.4, -0.2) is 36.0 Å². The highest BCUT2D eigenvalue weighted by Gasteiger charge is 2.53. The number of imide groups is 1. The number of hydrogen-bond acceptors (Lipinski definition) is 4. The smallest absolute Gasteiger partial charge is 0.325 e. The molecule has 6 nitrogen and oxygen atoms in total. The van der Waals surface area contributed by atoms with E-state index in [4.69, 9.17) is 4.74 Å². The van der Waals surface area contributed by atoms with Crippen LogP contribution in [0.1, 0.15) is 23.1 Å². The number of urea groups is 1. The monoisotopic (exact) mass is 428 g/mol. The summed E-state index contributed by atoms with van der Waals surface area (Å²) in [6, 6.07) is 27.5. The van der Waals surface area contributed by atoms with E-state index in [1.165, 1.54) is 0 Å². The highest BCUT2D eigenvalue weighted by Crippen LogP contribution is 2.35. The van der Waals surface area contributed by atoms with Gasteiger partial charge in [0.15, 0.2) is 5.54 Å². The van der Waals surface area contributed by atoms with E-state index in [0.29, 0.717) is 17.5 Å². The van der Waals surface area contributed by atoms with Crippen molar-refractivity contribution >= 4 is 17.9 Å². The Balaban J connectivity index is 1.45. The van der Waals surface area contributed by atoms with Crippen LogP contribution in [0, 0.1) is 0 Å². The molecule has 0 aliphatic carbocycles. The number of ether oxygens (including phenoxy) is 1. The van der Waals surface area contributed by atoms with Gasteiger partial charge < -0.3 is 10.1 Å². The van der Waals surface area contributed by atoms with Crippen molar-refractivity contribution in [3.05, 3.63) is 108 Å². The molecule has 4 rings (SSSR count). The van der Waals surface area contributed by atoms with Crippen LogP contribution in [0.3, 0.4) is 0 Å². The Morgan fingerprint density at radius 3 is 1.91 bits per heavy atom. The Kier molecular flexibility index (Phi) is 6.31. The summed E-state index contributed by atoms with van der Waals surface area (Å²) in [5, 5.41) is 2.87. The number of amides is 3. The van der Waals surface area contributed by atoms with Gasteiger partial charge >= 0.3 is 12.0 Å². The van der Waals surface area contributed by atoms with Crippen LogP contribution in [0.25, 0.3) is 0 Å². The number of carbonyl (C=O) groups is 3. The van der Waals surface area contributed by atoms with Gasteiger partial charge in [-0.15, -0.1) is 0 Å². The van der Waals surface area contributed by atoms with Gasteiger partial charge in [0.1, 0.15) is 0 Å². The minimum atomic E-state index is -1.32. The lowest BCUT2D eigenvalue weighted by atomic mass is 9.82. The highest BCUT2D eigenvalue weighted by molar-refractivity contribution is 6.09. The van der Waals surface area contributed by atoms with E-state index < -0.39 is 23.4 Å². The molecule has 0 bridgehead atoms. The van der Waals surface area contributed by atoms with E-state index in [-0.39, 0.29) is 19.6 Å². The lowest BCUT2D eigenvalue weighted by molar-refractivity contribution is -0.144. The SMILES string of the molecule is O=C(CCN1C(=O)NC(c2ccccc2)(c2ccccc2)C1=O)OCCc1ccccc1. The van der Waals surface area contributed by atoms with Crippen molar-refractivity contribution in [2.24, 2.45) is 0 Å². The molecule has 3 amide bonds. The molecule has 0 spiro atoms. The molecule has 0 unspecified atom stereocenters. The average Bonchev–Trinajstić information content (AvgIpc) is 3.10. The second kappa shape index (κ2) is 9.47. The molecule has 162 valence electrons. The number of carbonyl (C=O) groups excluding carboxylic acids is 3. The van der Waals surface area contributed by atoms with Crippen molar-refractivity contribution < 1.29 is 19.1 Å². The predicted octanol–water partition coefficient (Wildman–Crippen LogP) is 3.66. The number of nitrogens with one attached hydrogen (secondary N) is 1. The molecule has 1 aliphatic rings. The van der Waals surface area contributed by atoms with Crippen LogP contribution in [0.4, 0.5) is 4.79 Å². The highest BCUT2D eigenvalue weighted by atomic mass is 16.5. The van der Waals surface area contributed by atoms with Gasteiger partial charge in [0.25, 0.3) is 5.91 Å². The van der Waals surface area contributed by atoms with Gasteiger partial charge in [-0.3, -0.25) is 14.5 Å². The summed E-state index contributed by atoms with van der Waals surface area (Å²) in [6.45, 7) is 0.206. The molecule has 0 atom stereocenters. The Hall–Kier alpha value is -3.93. The van der Waals surface area contributed by atoms with Crippen molar-refractivity contribution in [3.63, 3.8) is 0 Å². The standard InChI is InChI=1S/C26H24N2O4/c29-23(32-19-17-20-10-4-1-5-11-20)16-18-28-24(30)26(27-25(28)31,21-12-6-2-7-13-21)22-14-8-3-9-15-22/h1-15H,16-19H2,(H,27,31). The molecule has 1 N–H and O–H groups in total. The third-order valence-electron chi connectivity index (χ3n) is 5.56. The molecule has 0 saturated carbocycles. The van der Waals surface area contributed by atoms with Crippen LogP contribution in [0.15, 0.2) is 91.0 Å². The van der Waals surface area contributed by atoms with Crippen LogP contribution < -0.4 is 5.32 Å². The molecule has 3 aromatic rings. The normalized spacial score (nSPS) is 14.8. The van der Waals surface area contributed by atoms with Crippen LogP contribution in [-0.2, 0) is 26.3 Å². The largest absolute Gasteiger partial charge is 0.465 e. The van der Waals surface area contributed by atoms with Gasteiger partial charge in [-0.1, -0.05) is 91.0 Å². The zero-order valence-corrected chi connectivity index (χ0v) is 17.6. The molecule has 1 heterocycles. The fourth-order valence-corrected chi connectivity index (χ4v) is 3.92. The van der Waals surface area contributed by atoms with E-state index >= 15 is 0 Å². The molecule has 3 aromatic carbocycles. The first kappa shape index (κ1) is 21.3. The quantitative estimate of drug-likeness (QED) is 0.439. The molecule has 32 heavy (non-hydrogen) atoms. The van der Waals surface area contributed by atoms with Gasteiger partial charge in [-0.05, 0) is 16.7 Å². The Morgan fingerprint density at radius 1 is 0.812 bits per heavy atom. The lowest BCUT2D eigenvalue weighted by Crippen LogP contribution is -2.45. The molecule has 6 heteroatoms. The van der Waals surface area contributed by atoms with E-state index in [2.05, 4.69) is 5.32 Å². The number of benzene rings is 3. The zero-order chi connectivity index (χ0) is 22.4. The predicted molar refractivity (Wildman–Crippen MR) is 120 cm³/mol. The Morgan fingerprint density at radius 2 is 1.34 bits per heavy atom. The maximum absolute atomic E-state index is 13.5. The number of hydrogen-bond donors (Lipinski definition) is 1. The van der Waals surface area contributed by atoms with Crippen molar-refractivity contribution in [2.75, 3.05) is 13.2 Å².